The van der Waals surface area contributed by atoms with E-state index in [0.717, 1.165) is 5.19 Å². The highest BCUT2D eigenvalue weighted by Crippen LogP contribution is 2.52. The standard InChI is InChI=1S/C10H12Br2F3PSi/c1-17(2,3)7-4-5-9(16(11)12)8(6-7)10(13,14)15/h4-6H,1-3H3. The van der Waals surface area contributed by atoms with Crippen LogP contribution in [0.4, 0.5) is 13.2 Å². The van der Waals surface area contributed by atoms with Crippen LogP contribution in [0.25, 0.3) is 0 Å². The summed E-state index contributed by atoms with van der Waals surface area (Å²) in [7, 11) is -1.72. The number of benzene rings is 1. The lowest BCUT2D eigenvalue weighted by molar-refractivity contribution is -0.136. The van der Waals surface area contributed by atoms with Gasteiger partial charge in [0, 0.05) is 5.30 Å². The molecule has 0 unspecified atom stereocenters. The lowest BCUT2D eigenvalue weighted by Crippen LogP contribution is -2.39. The predicted octanol–water partition coefficient (Wildman–Crippen LogP) is 4.98. The molecule has 0 amide bonds. The van der Waals surface area contributed by atoms with Crippen molar-refractivity contribution in [1.29, 1.82) is 0 Å². The van der Waals surface area contributed by atoms with Crippen molar-refractivity contribution in [2.24, 2.45) is 0 Å². The molecule has 7 heteroatoms. The van der Waals surface area contributed by atoms with Crippen LogP contribution in [-0.4, -0.2) is 8.07 Å². The normalized spacial score (nSPS) is 13.2. The second-order valence-electron chi connectivity index (χ2n) is 4.71. The smallest absolute Gasteiger partial charge is 0.166 e. The molecular formula is C10H12Br2F3PSi. The first-order chi connectivity index (χ1) is 7.53. The van der Waals surface area contributed by atoms with E-state index < -0.39 is 25.1 Å². The Bertz CT molecular complexity index is 413. The van der Waals surface area contributed by atoms with Crippen LogP contribution < -0.4 is 10.5 Å². The minimum Gasteiger partial charge on any atom is -0.166 e. The SMILES string of the molecule is C[Si](C)(C)c1ccc(P(Br)Br)c(C(F)(F)F)c1. The molecule has 96 valence electrons. The summed E-state index contributed by atoms with van der Waals surface area (Å²) in [5, 5.41) is 0.00259. The van der Waals surface area contributed by atoms with Gasteiger partial charge in [0.1, 0.15) is 0 Å². The molecule has 1 rings (SSSR count). The van der Waals surface area contributed by atoms with E-state index in [9.17, 15) is 13.2 Å². The largest absolute Gasteiger partial charge is 0.417 e. The maximum atomic E-state index is 13.0. The van der Waals surface area contributed by atoms with Gasteiger partial charge in [-0.15, -0.1) is 0 Å². The minimum absolute atomic E-state index is 0.287. The van der Waals surface area contributed by atoms with Gasteiger partial charge in [0.15, 0.2) is 0 Å². The quantitative estimate of drug-likeness (QED) is 0.479. The zero-order valence-corrected chi connectivity index (χ0v) is 14.6. The molecular weight excluding hydrogens is 396 g/mol. The summed E-state index contributed by atoms with van der Waals surface area (Å²) in [4.78, 5) is 0. The fourth-order valence-corrected chi connectivity index (χ4v) is 4.95. The van der Waals surface area contributed by atoms with Gasteiger partial charge in [-0.1, -0.05) is 43.0 Å². The Hall–Kier alpha value is 0.617. The Kier molecular flexibility index (Phi) is 4.90. The predicted molar refractivity (Wildman–Crippen MR) is 78.8 cm³/mol. The molecule has 0 nitrogen and oxygen atoms in total. The lowest BCUT2D eigenvalue weighted by atomic mass is 10.2. The van der Waals surface area contributed by atoms with Crippen LogP contribution in [0.3, 0.4) is 0 Å². The number of hydrogen-bond acceptors (Lipinski definition) is 0. The Morgan fingerprint density at radius 1 is 1.12 bits per heavy atom. The molecule has 0 radical (unpaired) electrons. The van der Waals surface area contributed by atoms with Gasteiger partial charge in [-0.05, 0) is 31.0 Å². The molecule has 0 atom stereocenters. The molecule has 0 aliphatic carbocycles. The van der Waals surface area contributed by atoms with Crippen molar-refractivity contribution >= 4 is 54.9 Å². The van der Waals surface area contributed by atoms with Crippen LogP contribution in [0.2, 0.25) is 19.6 Å². The average molecular weight is 408 g/mol. The minimum atomic E-state index is -4.30. The fourth-order valence-electron chi connectivity index (χ4n) is 1.38. The van der Waals surface area contributed by atoms with E-state index >= 15 is 0 Å². The van der Waals surface area contributed by atoms with Crippen molar-refractivity contribution in [3.05, 3.63) is 23.8 Å². The zero-order valence-electron chi connectivity index (χ0n) is 9.57. The van der Waals surface area contributed by atoms with E-state index in [1.807, 2.05) is 25.7 Å². The highest BCUT2D eigenvalue weighted by atomic mass is 79.9. The van der Waals surface area contributed by atoms with Crippen molar-refractivity contribution in [3.8, 4) is 0 Å². The topological polar surface area (TPSA) is 0 Å². The van der Waals surface area contributed by atoms with Gasteiger partial charge in [0.25, 0.3) is 0 Å². The number of halogens is 5. The molecule has 0 spiro atoms. The van der Waals surface area contributed by atoms with Crippen LogP contribution in [0.1, 0.15) is 5.56 Å². The van der Waals surface area contributed by atoms with Crippen molar-refractivity contribution in [1.82, 2.24) is 0 Å². The molecule has 0 N–H and O–H groups in total. The molecule has 0 saturated heterocycles. The molecule has 0 bridgehead atoms. The second-order valence-corrected chi connectivity index (χ2v) is 17.8. The van der Waals surface area contributed by atoms with Gasteiger partial charge < -0.3 is 0 Å². The van der Waals surface area contributed by atoms with Crippen LogP contribution in [0.5, 0.6) is 0 Å². The van der Waals surface area contributed by atoms with Crippen LogP contribution >= 0.6 is 36.3 Å². The van der Waals surface area contributed by atoms with Crippen molar-refractivity contribution in [2.75, 3.05) is 0 Å². The molecule has 17 heavy (non-hydrogen) atoms. The Morgan fingerprint density at radius 2 is 1.65 bits per heavy atom. The van der Waals surface area contributed by atoms with E-state index in [-0.39, 0.29) is 5.30 Å². The maximum Gasteiger partial charge on any atom is 0.417 e. The first kappa shape index (κ1) is 15.7. The van der Waals surface area contributed by atoms with E-state index in [2.05, 4.69) is 31.0 Å². The molecule has 0 aromatic heterocycles. The highest BCUT2D eigenvalue weighted by Gasteiger charge is 2.35. The molecule has 1 aromatic rings. The maximum absolute atomic E-state index is 13.0. The summed E-state index contributed by atoms with van der Waals surface area (Å²) in [6.45, 7) is 6.10. The monoisotopic (exact) mass is 406 g/mol. The molecule has 0 heterocycles. The molecule has 0 saturated carbocycles. The average Bonchev–Trinajstić information content (AvgIpc) is 2.14. The van der Waals surface area contributed by atoms with Crippen LogP contribution in [0, 0.1) is 0 Å². The van der Waals surface area contributed by atoms with E-state index in [4.69, 9.17) is 0 Å². The fraction of sp³-hybridized carbons (Fsp3) is 0.400. The van der Waals surface area contributed by atoms with Gasteiger partial charge in [0.05, 0.1) is 19.0 Å². The zero-order chi connectivity index (χ0) is 13.4. The molecule has 0 aliphatic heterocycles. The summed E-state index contributed by atoms with van der Waals surface area (Å²) in [5.74, 6) is 0. The lowest BCUT2D eigenvalue weighted by Gasteiger charge is -2.21. The third-order valence-corrected chi connectivity index (χ3v) is 7.44. The van der Waals surface area contributed by atoms with Crippen molar-refractivity contribution in [2.45, 2.75) is 25.8 Å². The summed E-state index contributed by atoms with van der Waals surface area (Å²) in [6, 6.07) is 4.69. The van der Waals surface area contributed by atoms with Gasteiger partial charge in [-0.2, -0.15) is 13.2 Å². The molecule has 1 aromatic carbocycles. The summed E-state index contributed by atoms with van der Waals surface area (Å²) in [6.07, 6.45) is -4.30. The van der Waals surface area contributed by atoms with Gasteiger partial charge >= 0.3 is 6.18 Å². The number of rotatable bonds is 2. The number of hydrogen-bond donors (Lipinski definition) is 0. The van der Waals surface area contributed by atoms with Gasteiger partial charge in [0.2, 0.25) is 0 Å². The van der Waals surface area contributed by atoms with E-state index in [1.165, 1.54) is 6.07 Å². The highest BCUT2D eigenvalue weighted by molar-refractivity contribution is 9.70. The van der Waals surface area contributed by atoms with Crippen molar-refractivity contribution < 1.29 is 13.2 Å². The second kappa shape index (κ2) is 5.31. The Labute approximate surface area is 117 Å². The first-order valence-electron chi connectivity index (χ1n) is 4.87. The van der Waals surface area contributed by atoms with E-state index in [0.29, 0.717) is 0 Å². The van der Waals surface area contributed by atoms with Gasteiger partial charge in [-0.3, -0.25) is 0 Å². The third kappa shape index (κ3) is 4.05. The Morgan fingerprint density at radius 3 is 2.00 bits per heavy atom. The summed E-state index contributed by atoms with van der Waals surface area (Å²) in [5.41, 5.74) is -0.530. The van der Waals surface area contributed by atoms with Crippen molar-refractivity contribution in [3.63, 3.8) is 0 Å². The van der Waals surface area contributed by atoms with Crippen LogP contribution in [0.15, 0.2) is 18.2 Å². The van der Waals surface area contributed by atoms with Crippen LogP contribution in [-0.2, 0) is 6.18 Å². The Balaban J connectivity index is 3.41. The summed E-state index contributed by atoms with van der Waals surface area (Å²) < 4.78 is 38.9. The first-order valence-corrected chi connectivity index (χ1v) is 13.7. The third-order valence-electron chi connectivity index (χ3n) is 2.35. The van der Waals surface area contributed by atoms with E-state index in [1.54, 1.807) is 6.07 Å². The molecule has 0 fully saturated rings. The molecule has 0 aliphatic rings. The number of alkyl halides is 3. The van der Waals surface area contributed by atoms with Gasteiger partial charge in [-0.25, -0.2) is 0 Å². The summed E-state index contributed by atoms with van der Waals surface area (Å²) >= 11 is 6.39.